The maximum absolute atomic E-state index is 9.50. The number of rotatable bonds is 9. The zero-order valence-electron chi connectivity index (χ0n) is 14.5. The van der Waals surface area contributed by atoms with Crippen LogP contribution in [0.5, 0.6) is 0 Å². The van der Waals surface area contributed by atoms with E-state index in [1.807, 2.05) is 0 Å². The average Bonchev–Trinajstić information content (AvgIpc) is 2.51. The van der Waals surface area contributed by atoms with E-state index in [2.05, 4.69) is 48.9 Å². The molecule has 0 aromatic carbocycles. The predicted octanol–water partition coefficient (Wildman–Crippen LogP) is 2.46. The van der Waals surface area contributed by atoms with Crippen LogP contribution >= 0.6 is 0 Å². The predicted molar refractivity (Wildman–Crippen MR) is 89.3 cm³/mol. The lowest BCUT2D eigenvalue weighted by molar-refractivity contribution is 0.106. The van der Waals surface area contributed by atoms with Crippen molar-refractivity contribution in [2.75, 3.05) is 39.3 Å². The summed E-state index contributed by atoms with van der Waals surface area (Å²) in [5, 5.41) is 13.0. The van der Waals surface area contributed by atoms with Crippen LogP contribution in [0, 0.1) is 11.3 Å². The first kappa shape index (κ1) is 18.4. The molecule has 122 valence electrons. The Kier molecular flexibility index (Phi) is 8.24. The molecule has 0 bridgehead atoms. The van der Waals surface area contributed by atoms with Crippen LogP contribution in [0.15, 0.2) is 0 Å². The van der Waals surface area contributed by atoms with Crippen LogP contribution in [0.4, 0.5) is 0 Å². The minimum Gasteiger partial charge on any atom is -0.301 e. The van der Waals surface area contributed by atoms with Gasteiger partial charge in [-0.1, -0.05) is 13.8 Å². The Morgan fingerprint density at radius 1 is 1.19 bits per heavy atom. The van der Waals surface area contributed by atoms with Crippen molar-refractivity contribution in [3.8, 4) is 6.07 Å². The Bertz CT molecular complexity index is 315. The first-order valence-corrected chi connectivity index (χ1v) is 8.69. The number of piperazine rings is 1. The molecule has 1 aliphatic rings. The molecule has 1 saturated heterocycles. The standard InChI is InChI=1S/C17H34N4/c1-5-9-19-17(6-2,15-18)8-7-10-20-11-13-21(14-12-20)16(3)4/h16,19H,5-14H2,1-4H3. The molecule has 1 fully saturated rings. The van der Waals surface area contributed by atoms with E-state index in [1.54, 1.807) is 0 Å². The smallest absolute Gasteiger partial charge is 0.106 e. The number of hydrogen-bond acceptors (Lipinski definition) is 4. The Hall–Kier alpha value is -0.630. The topological polar surface area (TPSA) is 42.3 Å². The quantitative estimate of drug-likeness (QED) is 0.709. The van der Waals surface area contributed by atoms with E-state index >= 15 is 0 Å². The number of nitriles is 1. The summed E-state index contributed by atoms with van der Waals surface area (Å²) in [6.45, 7) is 15.6. The fourth-order valence-electron chi connectivity index (χ4n) is 3.04. The van der Waals surface area contributed by atoms with Crippen molar-refractivity contribution in [1.82, 2.24) is 15.1 Å². The van der Waals surface area contributed by atoms with Gasteiger partial charge in [-0.15, -0.1) is 0 Å². The van der Waals surface area contributed by atoms with Crippen LogP contribution in [0.3, 0.4) is 0 Å². The molecule has 0 aromatic heterocycles. The average molecular weight is 294 g/mol. The third kappa shape index (κ3) is 5.94. The van der Waals surface area contributed by atoms with E-state index in [0.717, 1.165) is 38.8 Å². The van der Waals surface area contributed by atoms with Gasteiger partial charge in [-0.3, -0.25) is 10.2 Å². The normalized spacial score (nSPS) is 20.4. The fourth-order valence-corrected chi connectivity index (χ4v) is 3.04. The van der Waals surface area contributed by atoms with Crippen LogP contribution in [-0.2, 0) is 0 Å². The second-order valence-corrected chi connectivity index (χ2v) is 6.55. The van der Waals surface area contributed by atoms with Crippen LogP contribution in [0.25, 0.3) is 0 Å². The number of nitrogens with zero attached hydrogens (tertiary/aromatic N) is 3. The summed E-state index contributed by atoms with van der Waals surface area (Å²) in [5.41, 5.74) is -0.310. The van der Waals surface area contributed by atoms with Gasteiger partial charge >= 0.3 is 0 Å². The first-order valence-electron chi connectivity index (χ1n) is 8.69. The lowest BCUT2D eigenvalue weighted by atomic mass is 9.91. The Balaban J connectivity index is 2.30. The first-order chi connectivity index (χ1) is 10.1. The van der Waals surface area contributed by atoms with Gasteiger partial charge < -0.3 is 4.90 Å². The number of hydrogen-bond donors (Lipinski definition) is 1. The van der Waals surface area contributed by atoms with Gasteiger partial charge in [-0.05, 0) is 52.6 Å². The molecular weight excluding hydrogens is 260 g/mol. The van der Waals surface area contributed by atoms with Gasteiger partial charge in [0.1, 0.15) is 5.54 Å². The lowest BCUT2D eigenvalue weighted by Gasteiger charge is -2.37. The molecule has 1 aliphatic heterocycles. The minimum absolute atomic E-state index is 0.310. The van der Waals surface area contributed by atoms with E-state index < -0.39 is 0 Å². The molecule has 0 radical (unpaired) electrons. The zero-order valence-corrected chi connectivity index (χ0v) is 14.5. The summed E-state index contributed by atoms with van der Waals surface area (Å²) >= 11 is 0. The van der Waals surface area contributed by atoms with Gasteiger partial charge in [0.2, 0.25) is 0 Å². The molecule has 21 heavy (non-hydrogen) atoms. The summed E-state index contributed by atoms with van der Waals surface area (Å²) in [5.74, 6) is 0. The van der Waals surface area contributed by atoms with Gasteiger partial charge in [0.25, 0.3) is 0 Å². The van der Waals surface area contributed by atoms with Crippen molar-refractivity contribution in [1.29, 1.82) is 5.26 Å². The third-order valence-corrected chi connectivity index (χ3v) is 4.75. The second kappa shape index (κ2) is 9.40. The van der Waals surface area contributed by atoms with E-state index in [1.165, 1.54) is 26.2 Å². The van der Waals surface area contributed by atoms with Crippen molar-refractivity contribution in [2.45, 2.75) is 65.0 Å². The maximum atomic E-state index is 9.50. The van der Waals surface area contributed by atoms with Crippen LogP contribution in [0.1, 0.15) is 53.4 Å². The summed E-state index contributed by atoms with van der Waals surface area (Å²) in [6.07, 6.45) is 4.05. The molecule has 4 nitrogen and oxygen atoms in total. The largest absolute Gasteiger partial charge is 0.301 e. The van der Waals surface area contributed by atoms with Crippen LogP contribution < -0.4 is 5.32 Å². The second-order valence-electron chi connectivity index (χ2n) is 6.55. The Labute approximate surface area is 131 Å². The third-order valence-electron chi connectivity index (χ3n) is 4.75. The van der Waals surface area contributed by atoms with Gasteiger partial charge in [-0.25, -0.2) is 0 Å². The van der Waals surface area contributed by atoms with Gasteiger partial charge in [0.15, 0.2) is 0 Å². The minimum atomic E-state index is -0.310. The molecule has 1 atom stereocenters. The SMILES string of the molecule is CCCNC(C#N)(CC)CCCN1CCN(C(C)C)CC1. The fraction of sp³-hybridized carbons (Fsp3) is 0.941. The van der Waals surface area contributed by atoms with E-state index in [-0.39, 0.29) is 5.54 Å². The van der Waals surface area contributed by atoms with Gasteiger partial charge in [0, 0.05) is 32.2 Å². The molecule has 4 heteroatoms. The molecule has 0 saturated carbocycles. The summed E-state index contributed by atoms with van der Waals surface area (Å²) < 4.78 is 0. The van der Waals surface area contributed by atoms with Crippen molar-refractivity contribution < 1.29 is 0 Å². The summed E-state index contributed by atoms with van der Waals surface area (Å²) in [7, 11) is 0. The number of nitrogens with one attached hydrogen (secondary N) is 1. The summed E-state index contributed by atoms with van der Waals surface area (Å²) in [6, 6.07) is 3.19. The highest BCUT2D eigenvalue weighted by Gasteiger charge is 2.27. The van der Waals surface area contributed by atoms with Crippen molar-refractivity contribution in [2.24, 2.45) is 0 Å². The van der Waals surface area contributed by atoms with Gasteiger partial charge in [-0.2, -0.15) is 5.26 Å². The van der Waals surface area contributed by atoms with Crippen LogP contribution in [0.2, 0.25) is 0 Å². The van der Waals surface area contributed by atoms with Crippen LogP contribution in [-0.4, -0.2) is 60.6 Å². The molecule has 1 heterocycles. The lowest BCUT2D eigenvalue weighted by Crippen LogP contribution is -2.49. The zero-order chi connectivity index (χ0) is 15.7. The van der Waals surface area contributed by atoms with E-state index in [9.17, 15) is 5.26 Å². The highest BCUT2D eigenvalue weighted by atomic mass is 15.3. The summed E-state index contributed by atoms with van der Waals surface area (Å²) in [4.78, 5) is 5.10. The van der Waals surface area contributed by atoms with Crippen molar-refractivity contribution in [3.63, 3.8) is 0 Å². The highest BCUT2D eigenvalue weighted by molar-refractivity contribution is 5.06. The maximum Gasteiger partial charge on any atom is 0.106 e. The molecule has 0 aromatic rings. The Morgan fingerprint density at radius 3 is 2.33 bits per heavy atom. The van der Waals surface area contributed by atoms with Gasteiger partial charge in [0.05, 0.1) is 6.07 Å². The highest BCUT2D eigenvalue weighted by Crippen LogP contribution is 2.17. The van der Waals surface area contributed by atoms with E-state index in [4.69, 9.17) is 0 Å². The molecule has 0 spiro atoms. The monoisotopic (exact) mass is 294 g/mol. The van der Waals surface area contributed by atoms with Crippen molar-refractivity contribution >= 4 is 0 Å². The Morgan fingerprint density at radius 2 is 1.86 bits per heavy atom. The molecule has 0 amide bonds. The molecule has 1 unspecified atom stereocenters. The molecule has 1 rings (SSSR count). The van der Waals surface area contributed by atoms with E-state index in [0.29, 0.717) is 6.04 Å². The molecule has 0 aliphatic carbocycles. The molecular formula is C17H34N4. The van der Waals surface area contributed by atoms with Crippen molar-refractivity contribution in [3.05, 3.63) is 0 Å². The molecule has 1 N–H and O–H groups in total.